The predicted molar refractivity (Wildman–Crippen MR) is 129 cm³/mol. The van der Waals surface area contributed by atoms with Crippen LogP contribution in [0.3, 0.4) is 0 Å². The molecular formula is C21H20Cl4N2O3S. The van der Waals surface area contributed by atoms with Gasteiger partial charge in [0.2, 0.25) is 0 Å². The second-order valence-electron chi connectivity index (χ2n) is 6.00. The molecule has 0 saturated carbocycles. The number of nitrogens with zero attached hydrogens (tertiary/aromatic N) is 2. The topological polar surface area (TPSA) is 80.2 Å². The summed E-state index contributed by atoms with van der Waals surface area (Å²) in [5.41, 5.74) is 2.93. The van der Waals surface area contributed by atoms with Gasteiger partial charge < -0.3 is 0 Å². The quantitative estimate of drug-likeness (QED) is 0.290. The van der Waals surface area contributed by atoms with Crippen molar-refractivity contribution in [3.05, 3.63) is 92.4 Å². The Labute approximate surface area is 202 Å². The first-order valence-corrected chi connectivity index (χ1v) is 11.7. The molecule has 0 saturated heterocycles. The van der Waals surface area contributed by atoms with Crippen LogP contribution < -0.4 is 0 Å². The van der Waals surface area contributed by atoms with Crippen molar-refractivity contribution in [2.45, 2.75) is 25.2 Å². The zero-order chi connectivity index (χ0) is 23.6. The zero-order valence-electron chi connectivity index (χ0n) is 16.7. The highest BCUT2D eigenvalue weighted by atomic mass is 35.5. The number of benzene rings is 1. The highest BCUT2D eigenvalue weighted by Gasteiger charge is 2.06. The third-order valence-corrected chi connectivity index (χ3v) is 5.87. The van der Waals surface area contributed by atoms with Gasteiger partial charge in [-0.3, -0.25) is 4.55 Å². The van der Waals surface area contributed by atoms with E-state index in [2.05, 4.69) is 16.5 Å². The normalized spacial score (nSPS) is 10.3. The molecule has 1 aromatic carbocycles. The van der Waals surface area contributed by atoms with Crippen LogP contribution in [-0.4, -0.2) is 22.9 Å². The number of hydrogen-bond acceptors (Lipinski definition) is 4. The summed E-state index contributed by atoms with van der Waals surface area (Å²) in [5, 5.41) is 1.69. The van der Waals surface area contributed by atoms with E-state index < -0.39 is 10.1 Å². The van der Waals surface area contributed by atoms with Crippen LogP contribution in [0.5, 0.6) is 0 Å². The molecule has 5 nitrogen and oxygen atoms in total. The molecule has 0 atom stereocenters. The molecule has 0 radical (unpaired) electrons. The second kappa shape index (κ2) is 13.0. The molecule has 2 aromatic heterocycles. The smallest absolute Gasteiger partial charge is 0.282 e. The van der Waals surface area contributed by atoms with Gasteiger partial charge in [-0.25, -0.2) is 9.97 Å². The van der Waals surface area contributed by atoms with Gasteiger partial charge in [0.05, 0.1) is 14.9 Å². The van der Waals surface area contributed by atoms with Gasteiger partial charge in [0.1, 0.15) is 10.3 Å². The Bertz CT molecular complexity index is 1120. The Kier molecular flexibility index (Phi) is 11.5. The van der Waals surface area contributed by atoms with Crippen molar-refractivity contribution >= 4 is 62.6 Å². The molecule has 10 heteroatoms. The van der Waals surface area contributed by atoms with E-state index in [1.54, 1.807) is 36.7 Å². The summed E-state index contributed by atoms with van der Waals surface area (Å²) < 4.78 is 29.6. The van der Waals surface area contributed by atoms with Crippen molar-refractivity contribution in [3.8, 4) is 0 Å². The van der Waals surface area contributed by atoms with E-state index in [9.17, 15) is 8.42 Å². The van der Waals surface area contributed by atoms with Crippen molar-refractivity contribution in [1.29, 1.82) is 0 Å². The van der Waals surface area contributed by atoms with Crippen molar-refractivity contribution < 1.29 is 13.0 Å². The largest absolute Gasteiger partial charge is 0.294 e. The van der Waals surface area contributed by atoms with Crippen LogP contribution in [0.2, 0.25) is 20.4 Å². The van der Waals surface area contributed by atoms with E-state index in [0.717, 1.165) is 23.1 Å². The average molecular weight is 522 g/mol. The average Bonchev–Trinajstić information content (AvgIpc) is 2.72. The lowest BCUT2D eigenvalue weighted by atomic mass is 10.2. The molecule has 0 aliphatic carbocycles. The number of pyridine rings is 2. The monoisotopic (exact) mass is 520 g/mol. The summed E-state index contributed by atoms with van der Waals surface area (Å²) in [6.07, 6.45) is 5.94. The lowest BCUT2D eigenvalue weighted by molar-refractivity contribution is 0.483. The standard InChI is InChI=1S/C7H7Cl2N.C7H5Cl2N.C7H8O3S/c2*1-2-5-3-6(8)7(9)10-4-5;1-6-2-4-7(5-3-6)11(8,9)10/h3-4H,2H2,1H3;2-4H,1H2;2-5H,1H3,(H,8,9,10). The van der Waals surface area contributed by atoms with Crippen LogP contribution >= 0.6 is 46.4 Å². The van der Waals surface area contributed by atoms with E-state index >= 15 is 0 Å². The van der Waals surface area contributed by atoms with Gasteiger partial charge in [0.25, 0.3) is 10.1 Å². The molecule has 3 aromatic rings. The summed E-state index contributed by atoms with van der Waals surface area (Å²) in [6, 6.07) is 9.53. The molecule has 0 spiro atoms. The summed E-state index contributed by atoms with van der Waals surface area (Å²) in [5.74, 6) is 0. The fraction of sp³-hybridized carbons (Fsp3) is 0.143. The molecule has 0 aliphatic rings. The first-order valence-electron chi connectivity index (χ1n) is 8.75. The summed E-state index contributed by atoms with van der Waals surface area (Å²) in [7, 11) is -4.02. The SMILES string of the molecule is C=Cc1cnc(Cl)c(Cl)c1.CCc1cnc(Cl)c(Cl)c1.Cc1ccc(S(=O)(=O)O)cc1. The van der Waals surface area contributed by atoms with Gasteiger partial charge in [-0.15, -0.1) is 0 Å². The van der Waals surface area contributed by atoms with Gasteiger partial charge in [0.15, 0.2) is 0 Å². The highest BCUT2D eigenvalue weighted by Crippen LogP contribution is 2.20. The molecule has 0 fully saturated rings. The van der Waals surface area contributed by atoms with E-state index in [0.29, 0.717) is 20.4 Å². The maximum absolute atomic E-state index is 10.5. The molecule has 0 amide bonds. The summed E-state index contributed by atoms with van der Waals surface area (Å²) in [6.45, 7) is 7.44. The Morgan fingerprint density at radius 2 is 1.48 bits per heavy atom. The summed E-state index contributed by atoms with van der Waals surface area (Å²) in [4.78, 5) is 7.63. The van der Waals surface area contributed by atoms with Crippen LogP contribution in [0.25, 0.3) is 6.08 Å². The van der Waals surface area contributed by atoms with Crippen molar-refractivity contribution in [2.24, 2.45) is 0 Å². The van der Waals surface area contributed by atoms with Crippen LogP contribution in [0.15, 0.2) is 60.3 Å². The summed E-state index contributed by atoms with van der Waals surface area (Å²) >= 11 is 22.5. The molecule has 0 unspecified atom stereocenters. The van der Waals surface area contributed by atoms with Crippen LogP contribution in [-0.2, 0) is 16.5 Å². The van der Waals surface area contributed by atoms with Crippen LogP contribution in [0.1, 0.15) is 23.6 Å². The third kappa shape index (κ3) is 9.99. The fourth-order valence-electron chi connectivity index (χ4n) is 1.91. The molecule has 1 N–H and O–H groups in total. The predicted octanol–water partition coefficient (Wildman–Crippen LogP) is 7.22. The Hall–Kier alpha value is -1.67. The molecule has 3 rings (SSSR count). The highest BCUT2D eigenvalue weighted by molar-refractivity contribution is 7.85. The number of aromatic nitrogens is 2. The van der Waals surface area contributed by atoms with Crippen molar-refractivity contribution in [1.82, 2.24) is 9.97 Å². The number of hydrogen-bond donors (Lipinski definition) is 1. The van der Waals surface area contributed by atoms with Crippen molar-refractivity contribution in [2.75, 3.05) is 0 Å². The Balaban J connectivity index is 0.000000233. The van der Waals surface area contributed by atoms with E-state index in [-0.39, 0.29) is 4.90 Å². The number of aryl methyl sites for hydroxylation is 2. The lowest BCUT2D eigenvalue weighted by Gasteiger charge is -1.96. The minimum atomic E-state index is -4.02. The van der Waals surface area contributed by atoms with Gasteiger partial charge in [-0.2, -0.15) is 8.42 Å². The minimum absolute atomic E-state index is 0.0666. The zero-order valence-corrected chi connectivity index (χ0v) is 20.5. The van der Waals surface area contributed by atoms with E-state index in [1.165, 1.54) is 12.1 Å². The van der Waals surface area contributed by atoms with Crippen LogP contribution in [0.4, 0.5) is 0 Å². The molecule has 166 valence electrons. The number of halogens is 4. The fourth-order valence-corrected chi connectivity index (χ4v) is 2.96. The van der Waals surface area contributed by atoms with Gasteiger partial charge >= 0.3 is 0 Å². The van der Waals surface area contributed by atoms with Gasteiger partial charge in [0, 0.05) is 12.4 Å². The maximum Gasteiger partial charge on any atom is 0.294 e. The molecular weight excluding hydrogens is 502 g/mol. The van der Waals surface area contributed by atoms with Crippen LogP contribution in [0, 0.1) is 6.92 Å². The molecule has 0 bridgehead atoms. The minimum Gasteiger partial charge on any atom is -0.282 e. The number of rotatable bonds is 3. The molecule has 2 heterocycles. The molecule has 31 heavy (non-hydrogen) atoms. The first kappa shape index (κ1) is 27.4. The van der Waals surface area contributed by atoms with E-state index in [1.807, 2.05) is 19.9 Å². The maximum atomic E-state index is 10.5. The Morgan fingerprint density at radius 1 is 0.968 bits per heavy atom. The second-order valence-corrected chi connectivity index (χ2v) is 8.96. The third-order valence-electron chi connectivity index (χ3n) is 3.63. The van der Waals surface area contributed by atoms with Gasteiger partial charge in [-0.05, 0) is 48.7 Å². The lowest BCUT2D eigenvalue weighted by Crippen LogP contribution is -1.96. The first-order chi connectivity index (χ1) is 14.5. The molecule has 0 aliphatic heterocycles. The Morgan fingerprint density at radius 3 is 1.90 bits per heavy atom. The van der Waals surface area contributed by atoms with Gasteiger partial charge in [-0.1, -0.05) is 83.7 Å². The van der Waals surface area contributed by atoms with E-state index in [4.69, 9.17) is 51.0 Å². The van der Waals surface area contributed by atoms with Crippen molar-refractivity contribution in [3.63, 3.8) is 0 Å².